The zero-order valence-electron chi connectivity index (χ0n) is 19.2. The number of pyridine rings is 1. The molecule has 0 fully saturated rings. The van der Waals surface area contributed by atoms with Gasteiger partial charge in [-0.1, -0.05) is 36.4 Å². The number of rotatable bonds is 8. The summed E-state index contributed by atoms with van der Waals surface area (Å²) in [5.74, 6) is -1.02. The van der Waals surface area contributed by atoms with E-state index in [1.54, 1.807) is 56.3 Å². The molecule has 0 aliphatic carbocycles. The molecule has 9 nitrogen and oxygen atoms in total. The molecule has 0 spiro atoms. The lowest BCUT2D eigenvalue weighted by Gasteiger charge is -2.22. The van der Waals surface area contributed by atoms with Gasteiger partial charge in [0.05, 0.1) is 16.9 Å². The number of para-hydroxylation sites is 1. The fourth-order valence-electron chi connectivity index (χ4n) is 3.85. The van der Waals surface area contributed by atoms with Crippen LogP contribution >= 0.6 is 0 Å². The van der Waals surface area contributed by atoms with Crippen LogP contribution in [0.15, 0.2) is 77.8 Å². The predicted octanol–water partition coefficient (Wildman–Crippen LogP) is 3.79. The largest absolute Gasteiger partial charge is 0.493 e. The normalized spacial score (nSPS) is 11.4. The van der Waals surface area contributed by atoms with E-state index in [-0.39, 0.29) is 35.1 Å². The molecule has 2 aromatic heterocycles. The van der Waals surface area contributed by atoms with Crippen molar-refractivity contribution in [2.24, 2.45) is 0 Å². The number of hydrogen-bond donors (Lipinski definition) is 2. The minimum absolute atomic E-state index is 0.00549. The van der Waals surface area contributed by atoms with Crippen molar-refractivity contribution in [3.05, 3.63) is 95.3 Å². The van der Waals surface area contributed by atoms with Gasteiger partial charge in [-0.05, 0) is 49.7 Å². The van der Waals surface area contributed by atoms with Crippen molar-refractivity contribution in [1.29, 1.82) is 0 Å². The molecule has 2 heterocycles. The van der Waals surface area contributed by atoms with Crippen LogP contribution in [-0.4, -0.2) is 45.9 Å². The Hall–Kier alpha value is -4.18. The first kappa shape index (κ1) is 24.0. The molecule has 35 heavy (non-hydrogen) atoms. The Morgan fingerprint density at radius 3 is 2.34 bits per heavy atom. The third-order valence-electron chi connectivity index (χ3n) is 5.63. The summed E-state index contributed by atoms with van der Waals surface area (Å²) in [6, 6.07) is 18.2. The summed E-state index contributed by atoms with van der Waals surface area (Å²) in [5, 5.41) is 24.6. The second-order valence-corrected chi connectivity index (χ2v) is 9.66. The molecule has 180 valence electrons. The summed E-state index contributed by atoms with van der Waals surface area (Å²) in [6.45, 7) is 3.70. The van der Waals surface area contributed by atoms with Gasteiger partial charge in [-0.25, -0.2) is 18.2 Å². The van der Waals surface area contributed by atoms with Gasteiger partial charge in [0.25, 0.3) is 10.0 Å². The van der Waals surface area contributed by atoms with Gasteiger partial charge < -0.3 is 10.2 Å². The van der Waals surface area contributed by atoms with Crippen LogP contribution in [-0.2, 0) is 16.4 Å². The lowest BCUT2D eigenvalue weighted by molar-refractivity contribution is 0.0695. The Kier molecular flexibility index (Phi) is 6.57. The molecule has 2 aromatic carbocycles. The van der Waals surface area contributed by atoms with Gasteiger partial charge in [-0.15, -0.1) is 0 Å². The quantitative estimate of drug-likeness (QED) is 0.383. The zero-order chi connectivity index (χ0) is 25.2. The van der Waals surface area contributed by atoms with Crippen LogP contribution in [0.3, 0.4) is 0 Å². The number of anilines is 1. The van der Waals surface area contributed by atoms with Gasteiger partial charge in [0.1, 0.15) is 4.90 Å². The molecule has 0 aliphatic heterocycles. The highest BCUT2D eigenvalue weighted by Crippen LogP contribution is 2.28. The van der Waals surface area contributed by atoms with Gasteiger partial charge >= 0.3 is 5.97 Å². The summed E-state index contributed by atoms with van der Waals surface area (Å²) < 4.78 is 28.9. The Labute approximate surface area is 203 Å². The Morgan fingerprint density at radius 1 is 1.03 bits per heavy atom. The lowest BCUT2D eigenvalue weighted by Crippen LogP contribution is -2.30. The van der Waals surface area contributed by atoms with Crippen LogP contribution in [0.1, 0.15) is 34.1 Å². The molecule has 0 saturated heterocycles. The van der Waals surface area contributed by atoms with Gasteiger partial charge in [0.2, 0.25) is 5.88 Å². The number of carbonyl (C=O) groups is 1. The minimum Gasteiger partial charge on any atom is -0.493 e. The summed E-state index contributed by atoms with van der Waals surface area (Å²) in [5.41, 5.74) is 2.19. The molecule has 2 N–H and O–H groups in total. The summed E-state index contributed by atoms with van der Waals surface area (Å²) in [4.78, 5) is 15.8. The van der Waals surface area contributed by atoms with Crippen molar-refractivity contribution in [2.75, 3.05) is 10.8 Å². The number of aromatic nitrogens is 3. The second kappa shape index (κ2) is 9.59. The maximum Gasteiger partial charge on any atom is 0.335 e. The van der Waals surface area contributed by atoms with Gasteiger partial charge in [0.15, 0.2) is 5.82 Å². The van der Waals surface area contributed by atoms with Crippen molar-refractivity contribution in [3.63, 3.8) is 0 Å². The topological polar surface area (TPSA) is 126 Å². The summed E-state index contributed by atoms with van der Waals surface area (Å²) in [7, 11) is -3.85. The Bertz CT molecular complexity index is 1470. The van der Waals surface area contributed by atoms with Crippen molar-refractivity contribution in [2.45, 2.75) is 25.2 Å². The molecule has 0 saturated carbocycles. The molecular weight excluding hydrogens is 468 g/mol. The van der Waals surface area contributed by atoms with Crippen LogP contribution in [0.2, 0.25) is 0 Å². The molecule has 0 amide bonds. The van der Waals surface area contributed by atoms with Crippen molar-refractivity contribution in [1.82, 2.24) is 14.8 Å². The smallest absolute Gasteiger partial charge is 0.335 e. The summed E-state index contributed by atoms with van der Waals surface area (Å²) >= 11 is 0. The van der Waals surface area contributed by atoms with E-state index in [0.717, 1.165) is 0 Å². The fourth-order valence-corrected chi connectivity index (χ4v) is 5.27. The van der Waals surface area contributed by atoms with E-state index < -0.39 is 16.0 Å². The van der Waals surface area contributed by atoms with E-state index in [1.165, 1.54) is 33.4 Å². The van der Waals surface area contributed by atoms with Crippen molar-refractivity contribution < 1.29 is 23.4 Å². The Morgan fingerprint density at radius 2 is 1.71 bits per heavy atom. The number of sulfonamides is 1. The maximum atomic E-state index is 13.2. The number of benzene rings is 2. The van der Waals surface area contributed by atoms with E-state index in [2.05, 4.69) is 10.1 Å². The SMILES string of the molecule is CCN(c1ccccc1)S(=O)(=O)c1ccc(-n2nc(C)c(Cc3ccccc3C(=O)O)c2O)nc1. The van der Waals surface area contributed by atoms with Crippen molar-refractivity contribution in [3.8, 4) is 11.7 Å². The van der Waals surface area contributed by atoms with Gasteiger partial charge in [-0.2, -0.15) is 9.78 Å². The number of aryl methyl sites for hydroxylation is 1. The fraction of sp³-hybridized carbons (Fsp3) is 0.160. The second-order valence-electron chi connectivity index (χ2n) is 7.80. The number of hydrogen-bond acceptors (Lipinski definition) is 6. The van der Waals surface area contributed by atoms with Crippen molar-refractivity contribution >= 4 is 21.7 Å². The predicted molar refractivity (Wildman–Crippen MR) is 131 cm³/mol. The molecule has 0 unspecified atom stereocenters. The van der Waals surface area contributed by atoms with Crippen LogP contribution in [0.5, 0.6) is 5.88 Å². The number of aromatic hydroxyl groups is 1. The van der Waals surface area contributed by atoms with Gasteiger partial charge in [-0.3, -0.25) is 4.31 Å². The van der Waals surface area contributed by atoms with Gasteiger partial charge in [0, 0.05) is 24.7 Å². The average Bonchev–Trinajstić information content (AvgIpc) is 3.13. The lowest BCUT2D eigenvalue weighted by atomic mass is 10.00. The molecule has 0 radical (unpaired) electrons. The third kappa shape index (κ3) is 4.60. The van der Waals surface area contributed by atoms with E-state index in [9.17, 15) is 23.4 Å². The van der Waals surface area contributed by atoms with E-state index in [1.807, 2.05) is 6.07 Å². The highest BCUT2D eigenvalue weighted by atomic mass is 32.2. The molecule has 0 bridgehead atoms. The summed E-state index contributed by atoms with van der Waals surface area (Å²) in [6.07, 6.45) is 1.39. The highest BCUT2D eigenvalue weighted by Gasteiger charge is 2.25. The van der Waals surface area contributed by atoms with Crippen LogP contribution < -0.4 is 4.31 Å². The van der Waals surface area contributed by atoms with Crippen LogP contribution in [0.4, 0.5) is 5.69 Å². The van der Waals surface area contributed by atoms with Crippen LogP contribution in [0, 0.1) is 6.92 Å². The molecular formula is C25H24N4O5S. The third-order valence-corrected chi connectivity index (χ3v) is 7.52. The molecule has 10 heteroatoms. The maximum absolute atomic E-state index is 13.2. The molecule has 4 aromatic rings. The standard InChI is InChI=1S/C25H24N4O5S/c1-3-28(19-10-5-4-6-11-19)35(33,34)20-13-14-23(26-16-20)29-24(30)22(17(2)27-29)15-18-9-7-8-12-21(18)25(31)32/h4-14,16,30H,3,15H2,1-2H3,(H,31,32). The molecule has 0 atom stereocenters. The number of carboxylic acids is 1. The first-order valence-electron chi connectivity index (χ1n) is 10.9. The van der Waals surface area contributed by atoms with E-state index in [0.29, 0.717) is 22.5 Å². The van der Waals surface area contributed by atoms with E-state index in [4.69, 9.17) is 0 Å². The monoisotopic (exact) mass is 492 g/mol. The number of aromatic carboxylic acids is 1. The number of carboxylic acid groups (broad SMARTS) is 1. The zero-order valence-corrected chi connectivity index (χ0v) is 20.0. The number of nitrogens with zero attached hydrogens (tertiary/aromatic N) is 4. The molecule has 0 aliphatic rings. The van der Waals surface area contributed by atoms with Crippen LogP contribution in [0.25, 0.3) is 5.82 Å². The Balaban J connectivity index is 1.65. The first-order chi connectivity index (χ1) is 16.7. The van der Waals surface area contributed by atoms with E-state index >= 15 is 0 Å². The molecule has 4 rings (SSSR count). The highest BCUT2D eigenvalue weighted by molar-refractivity contribution is 7.92. The average molecular weight is 493 g/mol. The minimum atomic E-state index is -3.85. The first-order valence-corrected chi connectivity index (χ1v) is 12.3.